The van der Waals surface area contributed by atoms with Gasteiger partial charge >= 0.3 is 5.97 Å². The molecule has 6 heteroatoms. The highest BCUT2D eigenvalue weighted by Crippen LogP contribution is 2.00. The molecular weight excluding hydrogens is 180 g/mol. The minimum absolute atomic E-state index is 0.00750. The van der Waals surface area contributed by atoms with E-state index < -0.39 is 5.97 Å². The number of aromatic nitrogens is 2. The molecule has 0 spiro atoms. The number of hydrogen-bond donors (Lipinski definition) is 1. The van der Waals surface area contributed by atoms with E-state index >= 15 is 0 Å². The standard InChI is InChI=1S/C6H6N2O3S/c1-12-11-6(10)4-2-5(9)8-3-7-4/h2-3H,1H3,(H,7,8,9). The van der Waals surface area contributed by atoms with E-state index in [9.17, 15) is 9.59 Å². The normalized spacial score (nSPS) is 9.42. The second-order valence-corrected chi connectivity index (χ2v) is 2.33. The lowest BCUT2D eigenvalue weighted by molar-refractivity contribution is 0.0762. The maximum absolute atomic E-state index is 10.9. The number of rotatable bonds is 2. The summed E-state index contributed by atoms with van der Waals surface area (Å²) in [5, 5.41) is 0. The zero-order valence-corrected chi connectivity index (χ0v) is 7.05. The molecular formula is C6H6N2O3S. The molecule has 0 aliphatic carbocycles. The van der Waals surface area contributed by atoms with Gasteiger partial charge in [-0.25, -0.2) is 9.78 Å². The first kappa shape index (κ1) is 8.79. The van der Waals surface area contributed by atoms with Gasteiger partial charge in [0.25, 0.3) is 5.56 Å². The van der Waals surface area contributed by atoms with E-state index in [0.717, 1.165) is 24.4 Å². The van der Waals surface area contributed by atoms with Crippen LogP contribution < -0.4 is 5.56 Å². The van der Waals surface area contributed by atoms with Gasteiger partial charge in [-0.3, -0.25) is 4.79 Å². The van der Waals surface area contributed by atoms with E-state index in [2.05, 4.69) is 14.2 Å². The molecule has 12 heavy (non-hydrogen) atoms. The average Bonchev–Trinajstić information content (AvgIpc) is 2.05. The SMILES string of the molecule is CSOC(=O)c1cc(=O)[nH]cn1. The van der Waals surface area contributed by atoms with Crippen molar-refractivity contribution in [2.45, 2.75) is 0 Å². The van der Waals surface area contributed by atoms with Gasteiger partial charge in [0.2, 0.25) is 0 Å². The first-order valence-electron chi connectivity index (χ1n) is 3.04. The number of carbonyl (C=O) groups is 1. The Balaban J connectivity index is 2.88. The lowest BCUT2D eigenvalue weighted by atomic mass is 10.4. The zero-order valence-electron chi connectivity index (χ0n) is 6.23. The summed E-state index contributed by atoms with van der Waals surface area (Å²) in [5.41, 5.74) is -0.369. The number of H-pyrrole nitrogens is 1. The van der Waals surface area contributed by atoms with Crippen molar-refractivity contribution in [2.24, 2.45) is 0 Å². The van der Waals surface area contributed by atoms with Crippen LogP contribution in [0.1, 0.15) is 10.5 Å². The van der Waals surface area contributed by atoms with E-state index in [0.29, 0.717) is 0 Å². The molecule has 0 aromatic carbocycles. The fourth-order valence-electron chi connectivity index (χ4n) is 0.599. The fourth-order valence-corrected chi connectivity index (χ4v) is 0.835. The van der Waals surface area contributed by atoms with E-state index in [1.54, 1.807) is 6.26 Å². The summed E-state index contributed by atoms with van der Waals surface area (Å²) in [7, 11) is 0. The predicted octanol–water partition coefficient (Wildman–Crippen LogP) is 0.205. The van der Waals surface area contributed by atoms with Gasteiger partial charge in [-0.05, 0) is 0 Å². The quantitative estimate of drug-likeness (QED) is 0.668. The molecule has 0 aliphatic heterocycles. The molecule has 0 saturated heterocycles. The van der Waals surface area contributed by atoms with Crippen LogP contribution in [-0.2, 0) is 4.18 Å². The topological polar surface area (TPSA) is 72.1 Å². The third-order valence-corrected chi connectivity index (χ3v) is 1.36. The van der Waals surface area contributed by atoms with E-state index in [1.165, 1.54) is 0 Å². The highest BCUT2D eigenvalue weighted by atomic mass is 32.2. The van der Waals surface area contributed by atoms with Gasteiger partial charge in [0.15, 0.2) is 5.69 Å². The number of carbonyl (C=O) groups excluding carboxylic acids is 1. The van der Waals surface area contributed by atoms with Crippen molar-refractivity contribution < 1.29 is 8.98 Å². The van der Waals surface area contributed by atoms with Crippen LogP contribution in [0, 0.1) is 0 Å². The van der Waals surface area contributed by atoms with Gasteiger partial charge in [-0.2, -0.15) is 0 Å². The molecule has 0 aliphatic rings. The second-order valence-electron chi connectivity index (χ2n) is 1.83. The molecule has 0 amide bonds. The van der Waals surface area contributed by atoms with Crippen molar-refractivity contribution in [2.75, 3.05) is 6.26 Å². The van der Waals surface area contributed by atoms with E-state index in [4.69, 9.17) is 0 Å². The summed E-state index contributed by atoms with van der Waals surface area (Å²) in [5.74, 6) is -0.617. The number of aromatic amines is 1. The Hall–Kier alpha value is -1.30. The van der Waals surface area contributed by atoms with Crippen molar-refractivity contribution in [1.29, 1.82) is 0 Å². The molecule has 1 N–H and O–H groups in total. The van der Waals surface area contributed by atoms with Crippen LogP contribution >= 0.6 is 12.0 Å². The average molecular weight is 186 g/mol. The van der Waals surface area contributed by atoms with Crippen molar-refractivity contribution in [3.05, 3.63) is 28.4 Å². The largest absolute Gasteiger partial charge is 0.387 e. The van der Waals surface area contributed by atoms with Crippen molar-refractivity contribution in [3.63, 3.8) is 0 Å². The van der Waals surface area contributed by atoms with E-state index in [-0.39, 0.29) is 11.3 Å². The second kappa shape index (κ2) is 3.91. The molecule has 0 unspecified atom stereocenters. The summed E-state index contributed by atoms with van der Waals surface area (Å²) in [4.78, 5) is 27.5. The third-order valence-electron chi connectivity index (χ3n) is 1.05. The molecule has 5 nitrogen and oxygen atoms in total. The number of nitrogens with one attached hydrogen (secondary N) is 1. The summed E-state index contributed by atoms with van der Waals surface area (Å²) in [6.45, 7) is 0. The molecule has 1 heterocycles. The summed E-state index contributed by atoms with van der Waals surface area (Å²) in [6, 6.07) is 1.08. The number of hydrogen-bond acceptors (Lipinski definition) is 5. The Labute approximate surface area is 72.4 Å². The minimum atomic E-state index is -0.617. The van der Waals surface area contributed by atoms with Crippen LogP contribution in [0.5, 0.6) is 0 Å². The van der Waals surface area contributed by atoms with Gasteiger partial charge in [0.05, 0.1) is 18.4 Å². The van der Waals surface area contributed by atoms with Gasteiger partial charge in [-0.1, -0.05) is 0 Å². The molecule has 0 atom stereocenters. The summed E-state index contributed by atoms with van der Waals surface area (Å²) in [6.07, 6.45) is 2.75. The van der Waals surface area contributed by atoms with Crippen molar-refractivity contribution in [3.8, 4) is 0 Å². The first-order valence-corrected chi connectivity index (χ1v) is 4.18. The van der Waals surface area contributed by atoms with Crippen LogP contribution in [0.15, 0.2) is 17.2 Å². The number of nitrogens with zero attached hydrogens (tertiary/aromatic N) is 1. The molecule has 0 fully saturated rings. The Morgan fingerprint density at radius 3 is 3.08 bits per heavy atom. The maximum atomic E-state index is 10.9. The van der Waals surface area contributed by atoms with Crippen LogP contribution in [0.25, 0.3) is 0 Å². The molecule has 0 bridgehead atoms. The minimum Gasteiger partial charge on any atom is -0.387 e. The smallest absolute Gasteiger partial charge is 0.369 e. The highest BCUT2D eigenvalue weighted by molar-refractivity contribution is 7.94. The zero-order chi connectivity index (χ0) is 8.97. The fraction of sp³-hybridized carbons (Fsp3) is 0.167. The summed E-state index contributed by atoms with van der Waals surface area (Å²) >= 11 is 0.909. The molecule has 0 saturated carbocycles. The highest BCUT2D eigenvalue weighted by Gasteiger charge is 2.07. The van der Waals surface area contributed by atoms with Gasteiger partial charge in [0, 0.05) is 12.3 Å². The third kappa shape index (κ3) is 2.09. The van der Waals surface area contributed by atoms with Crippen LogP contribution in [-0.4, -0.2) is 22.2 Å². The lowest BCUT2D eigenvalue weighted by Crippen LogP contribution is -2.11. The Kier molecular flexibility index (Phi) is 2.87. The molecule has 1 rings (SSSR count). The first-order chi connectivity index (χ1) is 5.74. The summed E-state index contributed by atoms with van der Waals surface area (Å²) < 4.78 is 4.55. The Morgan fingerprint density at radius 1 is 1.75 bits per heavy atom. The molecule has 1 aromatic rings. The van der Waals surface area contributed by atoms with Crippen LogP contribution in [0.3, 0.4) is 0 Å². The lowest BCUT2D eigenvalue weighted by Gasteiger charge is -1.96. The predicted molar refractivity (Wildman–Crippen MR) is 43.8 cm³/mol. The van der Waals surface area contributed by atoms with Crippen molar-refractivity contribution >= 4 is 18.0 Å². The van der Waals surface area contributed by atoms with Gasteiger partial charge < -0.3 is 9.17 Å². The van der Waals surface area contributed by atoms with Crippen molar-refractivity contribution in [1.82, 2.24) is 9.97 Å². The maximum Gasteiger partial charge on any atom is 0.369 e. The molecule has 0 radical (unpaired) electrons. The molecule has 1 aromatic heterocycles. The van der Waals surface area contributed by atoms with Gasteiger partial charge in [-0.15, -0.1) is 0 Å². The van der Waals surface area contributed by atoms with Crippen LogP contribution in [0.4, 0.5) is 0 Å². The van der Waals surface area contributed by atoms with Gasteiger partial charge in [0.1, 0.15) is 0 Å². The van der Waals surface area contributed by atoms with E-state index in [1.807, 2.05) is 0 Å². The Morgan fingerprint density at radius 2 is 2.50 bits per heavy atom. The monoisotopic (exact) mass is 186 g/mol. The van der Waals surface area contributed by atoms with Crippen LogP contribution in [0.2, 0.25) is 0 Å². The molecule has 64 valence electrons. The Bertz CT molecular complexity index is 336.